The van der Waals surface area contributed by atoms with Gasteiger partial charge >= 0.3 is 5.97 Å². The molecule has 2 N–H and O–H groups in total. The number of hydrogen-bond donors (Lipinski definition) is 2. The predicted octanol–water partition coefficient (Wildman–Crippen LogP) is 1.90. The summed E-state index contributed by atoms with van der Waals surface area (Å²) in [7, 11) is 1.60. The Labute approximate surface area is 116 Å². The van der Waals surface area contributed by atoms with Crippen molar-refractivity contribution in [1.29, 1.82) is 0 Å². The van der Waals surface area contributed by atoms with Crippen molar-refractivity contribution >= 4 is 11.8 Å². The normalized spacial score (nSPS) is 10.2. The van der Waals surface area contributed by atoms with Gasteiger partial charge in [-0.3, -0.25) is 0 Å². The topological polar surface area (TPSA) is 84.3 Å². The number of nitrogens with zero attached hydrogens (tertiary/aromatic N) is 2. The lowest BCUT2D eigenvalue weighted by Crippen LogP contribution is -2.11. The SMILES string of the molecule is COCCNc1cc(C(=O)O)nc(-c2ccccc2)n1. The number of aromatic nitrogens is 2. The fraction of sp³-hybridized carbons (Fsp3) is 0.214. The lowest BCUT2D eigenvalue weighted by atomic mass is 10.2. The number of hydrogen-bond acceptors (Lipinski definition) is 5. The number of benzene rings is 1. The summed E-state index contributed by atoms with van der Waals surface area (Å²) in [6.07, 6.45) is 0. The van der Waals surface area contributed by atoms with E-state index in [-0.39, 0.29) is 5.69 Å². The largest absolute Gasteiger partial charge is 0.477 e. The molecule has 1 aromatic carbocycles. The minimum atomic E-state index is -1.08. The van der Waals surface area contributed by atoms with Crippen molar-refractivity contribution in [3.05, 3.63) is 42.1 Å². The van der Waals surface area contributed by atoms with Crippen molar-refractivity contribution in [2.45, 2.75) is 0 Å². The second kappa shape index (κ2) is 6.63. The van der Waals surface area contributed by atoms with Gasteiger partial charge in [-0.25, -0.2) is 14.8 Å². The van der Waals surface area contributed by atoms with Crippen molar-refractivity contribution in [2.75, 3.05) is 25.6 Å². The highest BCUT2D eigenvalue weighted by atomic mass is 16.5. The summed E-state index contributed by atoms with van der Waals surface area (Å²) in [6.45, 7) is 1.05. The lowest BCUT2D eigenvalue weighted by molar-refractivity contribution is 0.0690. The van der Waals surface area contributed by atoms with Crippen LogP contribution in [0.5, 0.6) is 0 Å². The molecular formula is C14H15N3O3. The number of carboxylic acids is 1. The maximum atomic E-state index is 11.1. The Hall–Kier alpha value is -2.47. The quantitative estimate of drug-likeness (QED) is 0.782. The summed E-state index contributed by atoms with van der Waals surface area (Å²) in [5.41, 5.74) is 0.726. The summed E-state index contributed by atoms with van der Waals surface area (Å²) in [4.78, 5) is 19.5. The number of methoxy groups -OCH3 is 1. The van der Waals surface area contributed by atoms with Gasteiger partial charge in [0.1, 0.15) is 5.82 Å². The van der Waals surface area contributed by atoms with E-state index in [4.69, 9.17) is 9.84 Å². The molecule has 2 rings (SSSR count). The van der Waals surface area contributed by atoms with Crippen LogP contribution in [0, 0.1) is 0 Å². The van der Waals surface area contributed by atoms with E-state index < -0.39 is 5.97 Å². The van der Waals surface area contributed by atoms with Gasteiger partial charge in [0.05, 0.1) is 6.61 Å². The van der Waals surface area contributed by atoms with E-state index in [1.165, 1.54) is 6.07 Å². The van der Waals surface area contributed by atoms with Crippen molar-refractivity contribution in [2.24, 2.45) is 0 Å². The maximum Gasteiger partial charge on any atom is 0.354 e. The van der Waals surface area contributed by atoms with Crippen LogP contribution in [-0.2, 0) is 4.74 Å². The van der Waals surface area contributed by atoms with Crippen LogP contribution in [0.2, 0.25) is 0 Å². The summed E-state index contributed by atoms with van der Waals surface area (Å²) in [5.74, 6) is -0.238. The highest BCUT2D eigenvalue weighted by molar-refractivity contribution is 5.86. The van der Waals surface area contributed by atoms with E-state index in [9.17, 15) is 4.79 Å². The molecule has 0 spiro atoms. The third-order valence-corrected chi connectivity index (χ3v) is 2.59. The molecule has 0 aliphatic rings. The van der Waals surface area contributed by atoms with Gasteiger partial charge in [-0.05, 0) is 0 Å². The van der Waals surface area contributed by atoms with Crippen molar-refractivity contribution in [1.82, 2.24) is 9.97 Å². The minimum Gasteiger partial charge on any atom is -0.477 e. The molecule has 2 aromatic rings. The summed E-state index contributed by atoms with van der Waals surface area (Å²) >= 11 is 0. The first-order valence-electron chi connectivity index (χ1n) is 6.11. The van der Waals surface area contributed by atoms with Gasteiger partial charge in [0.25, 0.3) is 0 Å². The van der Waals surface area contributed by atoms with Crippen LogP contribution in [0.1, 0.15) is 10.5 Å². The second-order valence-corrected chi connectivity index (χ2v) is 4.05. The molecule has 0 unspecified atom stereocenters. The van der Waals surface area contributed by atoms with Crippen molar-refractivity contribution in [3.63, 3.8) is 0 Å². The number of nitrogens with one attached hydrogen (secondary N) is 1. The number of carboxylic acid groups (broad SMARTS) is 1. The van der Waals surface area contributed by atoms with Crippen LogP contribution >= 0.6 is 0 Å². The average Bonchev–Trinajstić information content (AvgIpc) is 2.48. The molecule has 20 heavy (non-hydrogen) atoms. The summed E-state index contributed by atoms with van der Waals surface area (Å²) in [5, 5.41) is 12.1. The molecule has 0 atom stereocenters. The molecule has 6 nitrogen and oxygen atoms in total. The minimum absolute atomic E-state index is 0.0428. The number of carbonyl (C=O) groups is 1. The number of aromatic carboxylic acids is 1. The number of ether oxygens (including phenoxy) is 1. The molecule has 1 aromatic heterocycles. The van der Waals surface area contributed by atoms with Crippen LogP contribution in [0.4, 0.5) is 5.82 Å². The summed E-state index contributed by atoms with van der Waals surface area (Å²) < 4.78 is 4.93. The molecule has 104 valence electrons. The van der Waals surface area contributed by atoms with Gasteiger partial charge in [-0.2, -0.15) is 0 Å². The van der Waals surface area contributed by atoms with Gasteiger partial charge in [-0.1, -0.05) is 30.3 Å². The Morgan fingerprint density at radius 2 is 2.05 bits per heavy atom. The van der Waals surface area contributed by atoms with Gasteiger partial charge in [0.2, 0.25) is 0 Å². The molecule has 0 fully saturated rings. The predicted molar refractivity (Wildman–Crippen MR) is 74.8 cm³/mol. The average molecular weight is 273 g/mol. The van der Waals surface area contributed by atoms with Crippen LogP contribution < -0.4 is 5.32 Å². The Bertz CT molecular complexity index is 587. The molecule has 6 heteroatoms. The molecule has 0 radical (unpaired) electrons. The van der Waals surface area contributed by atoms with Gasteiger partial charge in [0, 0.05) is 25.3 Å². The zero-order valence-electron chi connectivity index (χ0n) is 11.0. The van der Waals surface area contributed by atoms with Gasteiger partial charge < -0.3 is 15.2 Å². The molecule has 0 aliphatic carbocycles. The van der Waals surface area contributed by atoms with E-state index >= 15 is 0 Å². The zero-order chi connectivity index (χ0) is 14.4. The number of rotatable bonds is 6. The highest BCUT2D eigenvalue weighted by Crippen LogP contribution is 2.17. The fourth-order valence-corrected chi connectivity index (χ4v) is 1.64. The Kier molecular flexibility index (Phi) is 4.62. The first kappa shape index (κ1) is 14.0. The zero-order valence-corrected chi connectivity index (χ0v) is 11.0. The fourth-order valence-electron chi connectivity index (χ4n) is 1.64. The molecular weight excluding hydrogens is 258 g/mol. The second-order valence-electron chi connectivity index (χ2n) is 4.05. The monoisotopic (exact) mass is 273 g/mol. The maximum absolute atomic E-state index is 11.1. The van der Waals surface area contributed by atoms with Crippen molar-refractivity contribution < 1.29 is 14.6 Å². The van der Waals surface area contributed by atoms with Crippen molar-refractivity contribution in [3.8, 4) is 11.4 Å². The van der Waals surface area contributed by atoms with Crippen LogP contribution in [0.15, 0.2) is 36.4 Å². The molecule has 0 bridgehead atoms. The lowest BCUT2D eigenvalue weighted by Gasteiger charge is -2.08. The Morgan fingerprint density at radius 3 is 2.70 bits per heavy atom. The van der Waals surface area contributed by atoms with E-state index in [0.29, 0.717) is 24.8 Å². The van der Waals surface area contributed by atoms with E-state index in [0.717, 1.165) is 5.56 Å². The van der Waals surface area contributed by atoms with Crippen LogP contribution in [0.3, 0.4) is 0 Å². The van der Waals surface area contributed by atoms with E-state index in [1.54, 1.807) is 7.11 Å². The van der Waals surface area contributed by atoms with E-state index in [1.807, 2.05) is 30.3 Å². The standard InChI is InChI=1S/C14H15N3O3/c1-20-8-7-15-12-9-11(14(18)19)16-13(17-12)10-5-3-2-4-6-10/h2-6,9H,7-8H2,1H3,(H,18,19)(H,15,16,17). The highest BCUT2D eigenvalue weighted by Gasteiger charge is 2.11. The first-order chi connectivity index (χ1) is 9.70. The third kappa shape index (κ3) is 3.52. The third-order valence-electron chi connectivity index (χ3n) is 2.59. The van der Waals surface area contributed by atoms with Crippen LogP contribution in [0.25, 0.3) is 11.4 Å². The molecule has 0 saturated heterocycles. The van der Waals surface area contributed by atoms with Gasteiger partial charge in [-0.15, -0.1) is 0 Å². The number of anilines is 1. The molecule has 0 saturated carbocycles. The van der Waals surface area contributed by atoms with Crippen LogP contribution in [-0.4, -0.2) is 41.3 Å². The van der Waals surface area contributed by atoms with E-state index in [2.05, 4.69) is 15.3 Å². The molecule has 0 aliphatic heterocycles. The Morgan fingerprint density at radius 1 is 1.30 bits per heavy atom. The smallest absolute Gasteiger partial charge is 0.354 e. The molecule has 1 heterocycles. The Balaban J connectivity index is 2.34. The van der Waals surface area contributed by atoms with Gasteiger partial charge in [0.15, 0.2) is 11.5 Å². The molecule has 0 amide bonds. The first-order valence-corrected chi connectivity index (χ1v) is 6.11. The summed E-state index contributed by atoms with van der Waals surface area (Å²) in [6, 6.07) is 10.7.